The third kappa shape index (κ3) is 5.45. The van der Waals surface area contributed by atoms with Gasteiger partial charge >= 0.3 is 0 Å². The molecule has 0 radical (unpaired) electrons. The molecule has 0 aliphatic rings. The van der Waals surface area contributed by atoms with Crippen molar-refractivity contribution in [3.8, 4) is 11.3 Å². The summed E-state index contributed by atoms with van der Waals surface area (Å²) in [5.74, 6) is 0.382. The Labute approximate surface area is 183 Å². The number of thioether (sulfide) groups is 1. The summed E-state index contributed by atoms with van der Waals surface area (Å²) in [6, 6.07) is 11.2. The number of hydrogen-bond donors (Lipinski definition) is 1. The summed E-state index contributed by atoms with van der Waals surface area (Å²) in [6.45, 7) is 7.98. The second-order valence-corrected chi connectivity index (χ2v) is 9.25. The molecule has 30 heavy (non-hydrogen) atoms. The van der Waals surface area contributed by atoms with Crippen molar-refractivity contribution in [2.75, 3.05) is 11.1 Å². The highest BCUT2D eigenvalue weighted by atomic mass is 32.2. The molecule has 3 rings (SSSR count). The van der Waals surface area contributed by atoms with Gasteiger partial charge < -0.3 is 9.42 Å². The average Bonchev–Trinajstić information content (AvgIpc) is 3.36. The molecule has 0 atom stereocenters. The number of nitrogens with zero attached hydrogens (tertiary/aromatic N) is 4. The first kappa shape index (κ1) is 22.0. The van der Waals surface area contributed by atoms with Gasteiger partial charge in [-0.1, -0.05) is 58.6 Å². The van der Waals surface area contributed by atoms with Gasteiger partial charge in [0, 0.05) is 23.7 Å². The average molecular weight is 446 g/mol. The highest BCUT2D eigenvalue weighted by Crippen LogP contribution is 2.27. The molecular weight excluding hydrogens is 422 g/mol. The number of hydrogen-bond acceptors (Lipinski definition) is 8. The SMILES string of the molecule is CC(C)N(C(=O)CSc1nnc(NC(=O)c2cc(-c3ccccc3)on2)s1)C(C)C. The first-order chi connectivity index (χ1) is 14.3. The van der Waals surface area contributed by atoms with Crippen molar-refractivity contribution in [1.29, 1.82) is 0 Å². The number of aromatic nitrogens is 3. The molecule has 1 aromatic carbocycles. The molecule has 0 bridgehead atoms. The smallest absolute Gasteiger partial charge is 0.279 e. The zero-order valence-electron chi connectivity index (χ0n) is 17.2. The van der Waals surface area contributed by atoms with E-state index in [9.17, 15) is 9.59 Å². The summed E-state index contributed by atoms with van der Waals surface area (Å²) in [7, 11) is 0. The van der Waals surface area contributed by atoms with E-state index < -0.39 is 5.91 Å². The summed E-state index contributed by atoms with van der Waals surface area (Å²) in [6.07, 6.45) is 0. The van der Waals surface area contributed by atoms with Gasteiger partial charge in [0.25, 0.3) is 5.91 Å². The lowest BCUT2D eigenvalue weighted by atomic mass is 10.1. The Morgan fingerprint density at radius 1 is 1.13 bits per heavy atom. The highest BCUT2D eigenvalue weighted by Gasteiger charge is 2.21. The van der Waals surface area contributed by atoms with E-state index >= 15 is 0 Å². The van der Waals surface area contributed by atoms with Crippen LogP contribution >= 0.6 is 23.1 Å². The fourth-order valence-corrected chi connectivity index (χ4v) is 4.59. The van der Waals surface area contributed by atoms with E-state index in [0.29, 0.717) is 15.2 Å². The van der Waals surface area contributed by atoms with Gasteiger partial charge in [-0.05, 0) is 27.7 Å². The minimum Gasteiger partial charge on any atom is -0.355 e. The van der Waals surface area contributed by atoms with E-state index in [1.54, 1.807) is 6.07 Å². The molecular formula is C20H23N5O3S2. The van der Waals surface area contributed by atoms with Crippen LogP contribution in [0.3, 0.4) is 0 Å². The van der Waals surface area contributed by atoms with E-state index in [1.165, 1.54) is 23.1 Å². The molecule has 2 amide bonds. The summed E-state index contributed by atoms with van der Waals surface area (Å²) >= 11 is 2.51. The molecule has 0 fully saturated rings. The molecule has 158 valence electrons. The Balaban J connectivity index is 1.57. The van der Waals surface area contributed by atoms with Crippen molar-refractivity contribution in [3.63, 3.8) is 0 Å². The zero-order chi connectivity index (χ0) is 21.7. The molecule has 0 saturated carbocycles. The van der Waals surface area contributed by atoms with Crippen LogP contribution in [-0.2, 0) is 4.79 Å². The monoisotopic (exact) mass is 445 g/mol. The lowest BCUT2D eigenvalue weighted by molar-refractivity contribution is -0.131. The van der Waals surface area contributed by atoms with Crippen LogP contribution in [0.1, 0.15) is 38.2 Å². The van der Waals surface area contributed by atoms with Crippen LogP contribution in [0.25, 0.3) is 11.3 Å². The van der Waals surface area contributed by atoms with Crippen molar-refractivity contribution in [1.82, 2.24) is 20.3 Å². The molecule has 8 nitrogen and oxygen atoms in total. The second kappa shape index (κ2) is 9.86. The fourth-order valence-electron chi connectivity index (χ4n) is 2.97. The summed E-state index contributed by atoms with van der Waals surface area (Å²) in [5, 5.41) is 14.8. The van der Waals surface area contributed by atoms with E-state index in [4.69, 9.17) is 4.52 Å². The predicted octanol–water partition coefficient (Wildman–Crippen LogP) is 4.18. The number of rotatable bonds is 8. The van der Waals surface area contributed by atoms with Crippen LogP contribution < -0.4 is 5.32 Å². The van der Waals surface area contributed by atoms with Crippen LogP contribution in [0.15, 0.2) is 45.3 Å². The van der Waals surface area contributed by atoms with Gasteiger partial charge in [-0.15, -0.1) is 10.2 Å². The van der Waals surface area contributed by atoms with E-state index in [-0.39, 0.29) is 29.4 Å². The molecule has 2 heterocycles. The van der Waals surface area contributed by atoms with Gasteiger partial charge in [0.05, 0.1) is 5.75 Å². The third-order valence-corrected chi connectivity index (χ3v) is 6.10. The number of benzene rings is 1. The van der Waals surface area contributed by atoms with Gasteiger partial charge in [0.2, 0.25) is 11.0 Å². The Kier molecular flexibility index (Phi) is 7.22. The quantitative estimate of drug-likeness (QED) is 0.410. The summed E-state index contributed by atoms with van der Waals surface area (Å²) in [5.41, 5.74) is 0.984. The van der Waals surface area contributed by atoms with Gasteiger partial charge in [-0.3, -0.25) is 14.9 Å². The number of carbonyl (C=O) groups excluding carboxylic acids is 2. The molecule has 0 aliphatic carbocycles. The maximum absolute atomic E-state index is 12.5. The molecule has 0 aliphatic heterocycles. The van der Waals surface area contributed by atoms with Gasteiger partial charge in [-0.2, -0.15) is 0 Å². The van der Waals surface area contributed by atoms with Crippen LogP contribution in [0.4, 0.5) is 5.13 Å². The largest absolute Gasteiger partial charge is 0.355 e. The minimum atomic E-state index is -0.435. The normalized spacial score (nSPS) is 11.1. The fraction of sp³-hybridized carbons (Fsp3) is 0.350. The molecule has 3 aromatic rings. The van der Waals surface area contributed by atoms with Crippen LogP contribution in [0, 0.1) is 0 Å². The molecule has 0 unspecified atom stereocenters. The van der Waals surface area contributed by atoms with Crippen LogP contribution in [0.2, 0.25) is 0 Å². The van der Waals surface area contributed by atoms with Gasteiger partial charge in [-0.25, -0.2) is 0 Å². The lowest BCUT2D eigenvalue weighted by Gasteiger charge is -2.30. The van der Waals surface area contributed by atoms with Crippen molar-refractivity contribution < 1.29 is 14.1 Å². The maximum atomic E-state index is 12.5. The van der Waals surface area contributed by atoms with Gasteiger partial charge in [0.15, 0.2) is 15.8 Å². The number of carbonyl (C=O) groups is 2. The maximum Gasteiger partial charge on any atom is 0.279 e. The first-order valence-electron chi connectivity index (χ1n) is 9.46. The highest BCUT2D eigenvalue weighted by molar-refractivity contribution is 8.01. The van der Waals surface area contributed by atoms with Crippen molar-refractivity contribution in [2.45, 2.75) is 44.1 Å². The minimum absolute atomic E-state index is 0.0434. The molecule has 0 spiro atoms. The molecule has 2 aromatic heterocycles. The van der Waals surface area contributed by atoms with Crippen molar-refractivity contribution >= 4 is 40.0 Å². The van der Waals surface area contributed by atoms with Crippen LogP contribution in [-0.4, -0.2) is 49.9 Å². The Hall–Kier alpha value is -2.72. The standard InChI is InChI=1S/C20H23N5O3S2/c1-12(2)25(13(3)4)17(26)11-29-20-23-22-19(30-20)21-18(27)15-10-16(28-24-15)14-8-6-5-7-9-14/h5-10,12-13H,11H2,1-4H3,(H,21,22,27). The van der Waals surface area contributed by atoms with E-state index in [1.807, 2.05) is 62.9 Å². The second-order valence-electron chi connectivity index (χ2n) is 7.05. The molecule has 10 heteroatoms. The van der Waals surface area contributed by atoms with Gasteiger partial charge in [0.1, 0.15) is 0 Å². The van der Waals surface area contributed by atoms with E-state index in [0.717, 1.165) is 5.56 Å². The van der Waals surface area contributed by atoms with Crippen molar-refractivity contribution in [2.24, 2.45) is 0 Å². The van der Waals surface area contributed by atoms with Crippen LogP contribution in [0.5, 0.6) is 0 Å². The first-order valence-corrected chi connectivity index (χ1v) is 11.3. The number of amides is 2. The summed E-state index contributed by atoms with van der Waals surface area (Å²) in [4.78, 5) is 26.7. The molecule has 1 N–H and O–H groups in total. The Morgan fingerprint density at radius 2 is 1.83 bits per heavy atom. The Bertz CT molecular complexity index is 993. The lowest BCUT2D eigenvalue weighted by Crippen LogP contribution is -2.43. The molecule has 0 saturated heterocycles. The zero-order valence-corrected chi connectivity index (χ0v) is 18.8. The topological polar surface area (TPSA) is 101 Å². The summed E-state index contributed by atoms with van der Waals surface area (Å²) < 4.78 is 5.86. The Morgan fingerprint density at radius 3 is 2.50 bits per heavy atom. The third-order valence-electron chi connectivity index (χ3n) is 4.15. The number of nitrogens with one attached hydrogen (secondary N) is 1. The van der Waals surface area contributed by atoms with Crippen molar-refractivity contribution in [3.05, 3.63) is 42.1 Å². The number of anilines is 1. The van der Waals surface area contributed by atoms with E-state index in [2.05, 4.69) is 20.7 Å². The predicted molar refractivity (Wildman–Crippen MR) is 118 cm³/mol.